The van der Waals surface area contributed by atoms with E-state index in [2.05, 4.69) is 6.58 Å². The van der Waals surface area contributed by atoms with Crippen molar-refractivity contribution in [3.63, 3.8) is 0 Å². The number of amides is 2. The standard InChI is InChI=1S/C25H29N3O3/c1-18(2)16-28-22(15-21-11-14-31-25(21)28)24(30)26-12-13-27(19(3)17-26)23(29)10-9-20-7-5-4-6-8-20/h4-8,11,14-15,19H,1,9-10,12-13,16-17H2,2-3H3/t19-/m0/s1. The SMILES string of the molecule is C=C(C)Cn1c(C(=O)N2CCN(C(=O)CCc3ccccc3)[C@@H](C)C2)cc2ccoc21. The summed E-state index contributed by atoms with van der Waals surface area (Å²) in [4.78, 5) is 29.9. The molecule has 1 fully saturated rings. The van der Waals surface area contributed by atoms with Gasteiger partial charge in [-0.3, -0.25) is 9.59 Å². The largest absolute Gasteiger partial charge is 0.448 e. The van der Waals surface area contributed by atoms with E-state index in [-0.39, 0.29) is 17.9 Å². The van der Waals surface area contributed by atoms with Crippen LogP contribution in [0, 0.1) is 0 Å². The number of hydrogen-bond donors (Lipinski definition) is 0. The van der Waals surface area contributed by atoms with Crippen molar-refractivity contribution in [2.24, 2.45) is 0 Å². The Morgan fingerprint density at radius 2 is 1.94 bits per heavy atom. The van der Waals surface area contributed by atoms with E-state index in [0.717, 1.165) is 17.4 Å². The Balaban J connectivity index is 1.42. The molecule has 0 bridgehead atoms. The van der Waals surface area contributed by atoms with Crippen molar-refractivity contribution in [2.45, 2.75) is 39.3 Å². The maximum atomic E-state index is 13.3. The highest BCUT2D eigenvalue weighted by Gasteiger charge is 2.31. The molecule has 0 radical (unpaired) electrons. The first-order valence-corrected chi connectivity index (χ1v) is 10.8. The molecule has 3 aromatic rings. The fraction of sp³-hybridized carbons (Fsp3) is 0.360. The second kappa shape index (κ2) is 8.84. The van der Waals surface area contributed by atoms with Gasteiger partial charge in [0.2, 0.25) is 11.6 Å². The Bertz CT molecular complexity index is 1100. The zero-order valence-corrected chi connectivity index (χ0v) is 18.2. The molecule has 1 aliphatic rings. The van der Waals surface area contributed by atoms with E-state index in [1.165, 1.54) is 5.56 Å². The molecule has 1 saturated heterocycles. The number of piperazine rings is 1. The maximum Gasteiger partial charge on any atom is 0.270 e. The Morgan fingerprint density at radius 1 is 1.16 bits per heavy atom. The van der Waals surface area contributed by atoms with Gasteiger partial charge in [0.1, 0.15) is 5.69 Å². The molecule has 31 heavy (non-hydrogen) atoms. The Kier molecular flexibility index (Phi) is 5.98. The highest BCUT2D eigenvalue weighted by molar-refractivity contribution is 5.98. The summed E-state index contributed by atoms with van der Waals surface area (Å²) in [6, 6.07) is 13.8. The van der Waals surface area contributed by atoms with E-state index in [1.54, 1.807) is 6.26 Å². The van der Waals surface area contributed by atoms with Crippen molar-refractivity contribution < 1.29 is 14.0 Å². The number of nitrogens with zero attached hydrogens (tertiary/aromatic N) is 3. The van der Waals surface area contributed by atoms with Gasteiger partial charge in [-0.2, -0.15) is 0 Å². The van der Waals surface area contributed by atoms with Crippen molar-refractivity contribution in [3.05, 3.63) is 72.1 Å². The first-order chi connectivity index (χ1) is 14.9. The molecule has 0 N–H and O–H groups in total. The second-order valence-corrected chi connectivity index (χ2v) is 8.43. The lowest BCUT2D eigenvalue weighted by Crippen LogP contribution is -2.55. The van der Waals surface area contributed by atoms with E-state index < -0.39 is 0 Å². The molecular formula is C25H29N3O3. The number of rotatable bonds is 6. The van der Waals surface area contributed by atoms with Crippen molar-refractivity contribution in [1.82, 2.24) is 14.4 Å². The predicted octanol–water partition coefficient (Wildman–Crippen LogP) is 4.12. The van der Waals surface area contributed by atoms with Gasteiger partial charge in [-0.05, 0) is 38.0 Å². The van der Waals surface area contributed by atoms with Crippen LogP contribution in [0.3, 0.4) is 0 Å². The van der Waals surface area contributed by atoms with Crippen LogP contribution in [0.25, 0.3) is 11.1 Å². The quantitative estimate of drug-likeness (QED) is 0.565. The summed E-state index contributed by atoms with van der Waals surface area (Å²) in [5, 5.41) is 0.910. The van der Waals surface area contributed by atoms with Crippen LogP contribution in [0.2, 0.25) is 0 Å². The van der Waals surface area contributed by atoms with Crippen LogP contribution in [-0.4, -0.2) is 51.9 Å². The van der Waals surface area contributed by atoms with Gasteiger partial charge < -0.3 is 18.8 Å². The van der Waals surface area contributed by atoms with Crippen LogP contribution in [0.4, 0.5) is 0 Å². The van der Waals surface area contributed by atoms with Gasteiger partial charge in [-0.1, -0.05) is 42.5 Å². The summed E-state index contributed by atoms with van der Waals surface area (Å²) < 4.78 is 7.49. The minimum atomic E-state index is -0.0316. The zero-order valence-electron chi connectivity index (χ0n) is 18.2. The van der Waals surface area contributed by atoms with Gasteiger partial charge in [0, 0.05) is 44.0 Å². The van der Waals surface area contributed by atoms with Crippen LogP contribution in [0.5, 0.6) is 0 Å². The van der Waals surface area contributed by atoms with Gasteiger partial charge in [-0.15, -0.1) is 0 Å². The number of carbonyl (C=O) groups excluding carboxylic acids is 2. The minimum absolute atomic E-state index is 0.0199. The van der Waals surface area contributed by atoms with Crippen LogP contribution in [-0.2, 0) is 17.8 Å². The monoisotopic (exact) mass is 419 g/mol. The third kappa shape index (κ3) is 4.43. The number of hydrogen-bond acceptors (Lipinski definition) is 3. The van der Waals surface area contributed by atoms with E-state index in [0.29, 0.717) is 44.0 Å². The Morgan fingerprint density at radius 3 is 2.65 bits per heavy atom. The van der Waals surface area contributed by atoms with E-state index in [9.17, 15) is 9.59 Å². The lowest BCUT2D eigenvalue weighted by atomic mass is 10.1. The molecule has 162 valence electrons. The highest BCUT2D eigenvalue weighted by Crippen LogP contribution is 2.24. The predicted molar refractivity (Wildman–Crippen MR) is 121 cm³/mol. The van der Waals surface area contributed by atoms with Crippen molar-refractivity contribution in [1.29, 1.82) is 0 Å². The number of aryl methyl sites for hydroxylation is 1. The first kappa shape index (κ1) is 21.0. The van der Waals surface area contributed by atoms with Gasteiger partial charge in [0.15, 0.2) is 0 Å². The molecule has 1 aliphatic heterocycles. The highest BCUT2D eigenvalue weighted by atomic mass is 16.3. The molecule has 0 aliphatic carbocycles. The van der Waals surface area contributed by atoms with Crippen LogP contribution >= 0.6 is 0 Å². The second-order valence-electron chi connectivity index (χ2n) is 8.43. The normalized spacial score (nSPS) is 16.6. The Labute approximate surface area is 182 Å². The van der Waals surface area contributed by atoms with Gasteiger partial charge in [0.05, 0.1) is 6.26 Å². The van der Waals surface area contributed by atoms with Crippen molar-refractivity contribution in [2.75, 3.05) is 19.6 Å². The molecule has 6 nitrogen and oxygen atoms in total. The summed E-state index contributed by atoms with van der Waals surface area (Å²) in [6.45, 7) is 10.1. The van der Waals surface area contributed by atoms with E-state index >= 15 is 0 Å². The average Bonchev–Trinajstić information content (AvgIpc) is 3.34. The molecule has 0 unspecified atom stereocenters. The fourth-order valence-electron chi connectivity index (χ4n) is 4.29. The molecule has 2 aromatic heterocycles. The Hall–Kier alpha value is -3.28. The third-order valence-corrected chi connectivity index (χ3v) is 5.85. The number of aromatic nitrogens is 1. The van der Waals surface area contributed by atoms with E-state index in [4.69, 9.17) is 4.42 Å². The summed E-state index contributed by atoms with van der Waals surface area (Å²) in [7, 11) is 0. The molecule has 3 heterocycles. The fourth-order valence-corrected chi connectivity index (χ4v) is 4.29. The molecule has 0 saturated carbocycles. The third-order valence-electron chi connectivity index (χ3n) is 5.85. The molecule has 1 aromatic carbocycles. The molecule has 1 atom stereocenters. The summed E-state index contributed by atoms with van der Waals surface area (Å²) >= 11 is 0. The van der Waals surface area contributed by atoms with Gasteiger partial charge >= 0.3 is 0 Å². The number of benzene rings is 1. The topological polar surface area (TPSA) is 58.7 Å². The molecule has 4 rings (SSSR count). The lowest BCUT2D eigenvalue weighted by molar-refractivity contribution is -0.135. The summed E-state index contributed by atoms with van der Waals surface area (Å²) in [6.07, 6.45) is 2.86. The summed E-state index contributed by atoms with van der Waals surface area (Å²) in [5.41, 5.74) is 3.41. The number of furan rings is 1. The lowest BCUT2D eigenvalue weighted by Gasteiger charge is -2.40. The first-order valence-electron chi connectivity index (χ1n) is 10.8. The number of carbonyl (C=O) groups is 2. The van der Waals surface area contributed by atoms with Crippen molar-refractivity contribution >= 4 is 22.9 Å². The van der Waals surface area contributed by atoms with Crippen LogP contribution < -0.4 is 0 Å². The van der Waals surface area contributed by atoms with Gasteiger partial charge in [0.25, 0.3) is 5.91 Å². The zero-order chi connectivity index (χ0) is 22.0. The van der Waals surface area contributed by atoms with Gasteiger partial charge in [-0.25, -0.2) is 0 Å². The summed E-state index contributed by atoms with van der Waals surface area (Å²) in [5.74, 6) is 0.113. The smallest absolute Gasteiger partial charge is 0.270 e. The minimum Gasteiger partial charge on any atom is -0.448 e. The average molecular weight is 420 g/mol. The molecule has 2 amide bonds. The molecular weight excluding hydrogens is 390 g/mol. The van der Waals surface area contributed by atoms with Crippen molar-refractivity contribution in [3.8, 4) is 0 Å². The van der Waals surface area contributed by atoms with Crippen LogP contribution in [0.15, 0.2) is 65.3 Å². The molecule has 6 heteroatoms. The number of fused-ring (bicyclic) bond motifs is 1. The number of allylic oxidation sites excluding steroid dienone is 1. The van der Waals surface area contributed by atoms with Crippen LogP contribution in [0.1, 0.15) is 36.3 Å². The van der Waals surface area contributed by atoms with E-state index in [1.807, 2.05) is 70.7 Å². The molecule has 0 spiro atoms. The maximum absolute atomic E-state index is 13.3.